The minimum Gasteiger partial charge on any atom is -0.381 e. The number of hydrogen-bond donors (Lipinski definition) is 0. The molecule has 0 N–H and O–H groups in total. The molecule has 2 aliphatic carbocycles. The third-order valence-corrected chi connectivity index (χ3v) is 5.77. The third kappa shape index (κ3) is 2.99. The number of fused-ring (bicyclic) bond motifs is 1. The highest BCUT2D eigenvalue weighted by Gasteiger charge is 2.51. The maximum atomic E-state index is 12.7. The standard InChI is InChI=1S/C18H25N3O2/c1-13-7-20-16(8-19-13)17(22)21-9-15-3-2-6-18(15,11-21)12-23-10-14-4-5-14/h7-8,14-15H,2-6,9-12H2,1H3/t15-,18+/m1/s1. The summed E-state index contributed by atoms with van der Waals surface area (Å²) in [6, 6.07) is 0. The largest absolute Gasteiger partial charge is 0.381 e. The van der Waals surface area contributed by atoms with E-state index in [4.69, 9.17) is 4.74 Å². The van der Waals surface area contributed by atoms with Crippen LogP contribution in [0.1, 0.15) is 48.3 Å². The van der Waals surface area contributed by atoms with Crippen molar-refractivity contribution in [1.82, 2.24) is 14.9 Å². The fraction of sp³-hybridized carbons (Fsp3) is 0.722. The van der Waals surface area contributed by atoms with Gasteiger partial charge in [-0.3, -0.25) is 9.78 Å². The first-order valence-corrected chi connectivity index (χ1v) is 8.82. The number of aromatic nitrogens is 2. The van der Waals surface area contributed by atoms with Crippen molar-refractivity contribution in [3.8, 4) is 0 Å². The summed E-state index contributed by atoms with van der Waals surface area (Å²) in [6.07, 6.45) is 9.59. The van der Waals surface area contributed by atoms with Gasteiger partial charge in [0.2, 0.25) is 0 Å². The summed E-state index contributed by atoms with van der Waals surface area (Å²) in [4.78, 5) is 23.1. The second kappa shape index (κ2) is 5.86. The summed E-state index contributed by atoms with van der Waals surface area (Å²) in [5.41, 5.74) is 1.48. The summed E-state index contributed by atoms with van der Waals surface area (Å²) in [5, 5.41) is 0. The van der Waals surface area contributed by atoms with Crippen molar-refractivity contribution in [3.05, 3.63) is 23.8 Å². The van der Waals surface area contributed by atoms with E-state index in [-0.39, 0.29) is 11.3 Å². The Kier molecular flexibility index (Phi) is 3.84. The number of rotatable bonds is 5. The molecular weight excluding hydrogens is 290 g/mol. The minimum absolute atomic E-state index is 0.0217. The first kappa shape index (κ1) is 15.1. The van der Waals surface area contributed by atoms with Crippen molar-refractivity contribution in [1.29, 1.82) is 0 Å². The van der Waals surface area contributed by atoms with Crippen LogP contribution in [0, 0.1) is 24.2 Å². The zero-order chi connectivity index (χ0) is 15.9. The lowest BCUT2D eigenvalue weighted by molar-refractivity contribution is 0.0306. The lowest BCUT2D eigenvalue weighted by Gasteiger charge is -2.28. The number of carbonyl (C=O) groups is 1. The van der Waals surface area contributed by atoms with Gasteiger partial charge in [0.05, 0.1) is 18.5 Å². The van der Waals surface area contributed by atoms with E-state index in [0.29, 0.717) is 11.6 Å². The number of hydrogen-bond acceptors (Lipinski definition) is 4. The molecule has 5 heteroatoms. The Balaban J connectivity index is 1.43. The van der Waals surface area contributed by atoms with Crippen molar-refractivity contribution in [3.63, 3.8) is 0 Å². The van der Waals surface area contributed by atoms with Gasteiger partial charge in [-0.1, -0.05) is 6.42 Å². The molecule has 5 nitrogen and oxygen atoms in total. The number of ether oxygens (including phenoxy) is 1. The molecule has 2 atom stereocenters. The van der Waals surface area contributed by atoms with Crippen LogP contribution in [0.25, 0.3) is 0 Å². The van der Waals surface area contributed by atoms with Crippen LogP contribution in [0.4, 0.5) is 0 Å². The van der Waals surface area contributed by atoms with Gasteiger partial charge in [0.1, 0.15) is 5.69 Å². The number of carbonyl (C=O) groups excluding carboxylic acids is 1. The molecule has 1 saturated heterocycles. The fourth-order valence-corrected chi connectivity index (χ4v) is 4.18. The molecule has 0 spiro atoms. The Bertz CT molecular complexity index is 584. The molecule has 0 unspecified atom stereocenters. The third-order valence-electron chi connectivity index (χ3n) is 5.77. The second-order valence-corrected chi connectivity index (χ2v) is 7.64. The maximum Gasteiger partial charge on any atom is 0.274 e. The highest BCUT2D eigenvalue weighted by molar-refractivity contribution is 5.92. The van der Waals surface area contributed by atoms with Gasteiger partial charge in [-0.05, 0) is 44.4 Å². The molecule has 1 aliphatic heterocycles. The van der Waals surface area contributed by atoms with Gasteiger partial charge in [0.15, 0.2) is 0 Å². The molecule has 23 heavy (non-hydrogen) atoms. The predicted molar refractivity (Wildman–Crippen MR) is 86.0 cm³/mol. The van der Waals surface area contributed by atoms with Crippen LogP contribution >= 0.6 is 0 Å². The first-order valence-electron chi connectivity index (χ1n) is 8.82. The Morgan fingerprint density at radius 3 is 2.96 bits per heavy atom. The van der Waals surface area contributed by atoms with Crippen molar-refractivity contribution in [2.75, 3.05) is 26.3 Å². The molecule has 1 aromatic heterocycles. The molecule has 2 saturated carbocycles. The van der Waals surface area contributed by atoms with Crippen LogP contribution < -0.4 is 0 Å². The van der Waals surface area contributed by atoms with Crippen LogP contribution in [-0.2, 0) is 4.74 Å². The smallest absolute Gasteiger partial charge is 0.274 e. The van der Waals surface area contributed by atoms with Crippen molar-refractivity contribution >= 4 is 5.91 Å². The summed E-state index contributed by atoms with van der Waals surface area (Å²) in [7, 11) is 0. The number of nitrogens with zero attached hydrogens (tertiary/aromatic N) is 3. The molecule has 3 fully saturated rings. The summed E-state index contributed by atoms with van der Waals surface area (Å²) in [6.45, 7) is 5.27. The molecule has 124 valence electrons. The van der Waals surface area contributed by atoms with E-state index in [1.54, 1.807) is 12.4 Å². The average Bonchev–Trinajstić information content (AvgIpc) is 3.17. The van der Waals surface area contributed by atoms with E-state index in [2.05, 4.69) is 9.97 Å². The molecule has 0 radical (unpaired) electrons. The van der Waals surface area contributed by atoms with Crippen LogP contribution in [0.3, 0.4) is 0 Å². The molecule has 2 heterocycles. The number of likely N-dealkylation sites (tertiary alicyclic amines) is 1. The first-order chi connectivity index (χ1) is 11.2. The summed E-state index contributed by atoms with van der Waals surface area (Å²) >= 11 is 0. The number of aryl methyl sites for hydroxylation is 1. The molecule has 0 aromatic carbocycles. The van der Waals surface area contributed by atoms with Gasteiger partial charge in [0.25, 0.3) is 5.91 Å². The van der Waals surface area contributed by atoms with E-state index in [9.17, 15) is 4.79 Å². The minimum atomic E-state index is 0.0217. The van der Waals surface area contributed by atoms with Crippen LogP contribution in [-0.4, -0.2) is 47.1 Å². The Hall–Kier alpha value is -1.49. The number of amides is 1. The molecule has 0 bridgehead atoms. The SMILES string of the molecule is Cc1cnc(C(=O)N2C[C@H]3CCC[C@@]3(COCC3CC3)C2)cn1. The molecule has 1 amide bonds. The van der Waals surface area contributed by atoms with Crippen LogP contribution in [0.2, 0.25) is 0 Å². The fourth-order valence-electron chi connectivity index (χ4n) is 4.18. The zero-order valence-electron chi connectivity index (χ0n) is 13.8. The van der Waals surface area contributed by atoms with E-state index in [0.717, 1.165) is 37.9 Å². The Morgan fingerprint density at radius 2 is 2.22 bits per heavy atom. The van der Waals surface area contributed by atoms with Gasteiger partial charge in [-0.2, -0.15) is 0 Å². The Morgan fingerprint density at radius 1 is 1.35 bits per heavy atom. The molecule has 3 aliphatic rings. The molecule has 4 rings (SSSR count). The summed E-state index contributed by atoms with van der Waals surface area (Å²) < 4.78 is 6.03. The normalized spacial score (nSPS) is 29.8. The Labute approximate surface area is 137 Å². The molecule has 1 aromatic rings. The van der Waals surface area contributed by atoms with Crippen molar-refractivity contribution < 1.29 is 9.53 Å². The van der Waals surface area contributed by atoms with Gasteiger partial charge in [-0.15, -0.1) is 0 Å². The maximum absolute atomic E-state index is 12.7. The van der Waals surface area contributed by atoms with Crippen molar-refractivity contribution in [2.45, 2.75) is 39.0 Å². The monoisotopic (exact) mass is 315 g/mol. The van der Waals surface area contributed by atoms with Gasteiger partial charge < -0.3 is 9.64 Å². The quantitative estimate of drug-likeness (QED) is 0.837. The van der Waals surface area contributed by atoms with Crippen LogP contribution in [0.5, 0.6) is 0 Å². The van der Waals surface area contributed by atoms with Gasteiger partial charge >= 0.3 is 0 Å². The highest BCUT2D eigenvalue weighted by Crippen LogP contribution is 2.49. The second-order valence-electron chi connectivity index (χ2n) is 7.64. The lowest BCUT2D eigenvalue weighted by atomic mass is 9.81. The van der Waals surface area contributed by atoms with E-state index < -0.39 is 0 Å². The van der Waals surface area contributed by atoms with E-state index in [1.165, 1.54) is 32.1 Å². The summed E-state index contributed by atoms with van der Waals surface area (Å²) in [5.74, 6) is 1.41. The van der Waals surface area contributed by atoms with E-state index in [1.807, 2.05) is 11.8 Å². The lowest BCUT2D eigenvalue weighted by Crippen LogP contribution is -2.35. The topological polar surface area (TPSA) is 55.3 Å². The average molecular weight is 315 g/mol. The van der Waals surface area contributed by atoms with Crippen LogP contribution in [0.15, 0.2) is 12.4 Å². The molecular formula is C18H25N3O2. The van der Waals surface area contributed by atoms with Gasteiger partial charge in [0, 0.05) is 31.3 Å². The zero-order valence-corrected chi connectivity index (χ0v) is 13.8. The predicted octanol–water partition coefficient (Wildman–Crippen LogP) is 2.45. The van der Waals surface area contributed by atoms with Crippen molar-refractivity contribution in [2.24, 2.45) is 17.3 Å². The van der Waals surface area contributed by atoms with E-state index >= 15 is 0 Å². The highest BCUT2D eigenvalue weighted by atomic mass is 16.5. The van der Waals surface area contributed by atoms with Gasteiger partial charge in [-0.25, -0.2) is 4.98 Å².